The zero-order valence-electron chi connectivity index (χ0n) is 20.7. The van der Waals surface area contributed by atoms with Gasteiger partial charge >= 0.3 is 17.3 Å². The van der Waals surface area contributed by atoms with Crippen molar-refractivity contribution in [1.82, 2.24) is 19.1 Å². The summed E-state index contributed by atoms with van der Waals surface area (Å²) in [6.45, 7) is 0.183. The highest BCUT2D eigenvalue weighted by molar-refractivity contribution is 6.30. The molecule has 39 heavy (non-hydrogen) atoms. The summed E-state index contributed by atoms with van der Waals surface area (Å²) in [4.78, 5) is 46.2. The van der Waals surface area contributed by atoms with Gasteiger partial charge in [0, 0.05) is 23.3 Å². The highest BCUT2D eigenvalue weighted by Crippen LogP contribution is 2.40. The van der Waals surface area contributed by atoms with E-state index < -0.39 is 17.2 Å². The summed E-state index contributed by atoms with van der Waals surface area (Å²) in [5.74, 6) is -0.615. The fraction of sp³-hybridized carbons (Fsp3) is 0.222. The van der Waals surface area contributed by atoms with Gasteiger partial charge in [-0.3, -0.25) is 9.36 Å². The predicted octanol–water partition coefficient (Wildman–Crippen LogP) is 3.99. The fourth-order valence-electron chi connectivity index (χ4n) is 4.10. The van der Waals surface area contributed by atoms with E-state index in [1.807, 2.05) is 0 Å². The zero-order chi connectivity index (χ0) is 27.5. The quantitative estimate of drug-likeness (QED) is 0.310. The number of methoxy groups -OCH3 is 1. The summed E-state index contributed by atoms with van der Waals surface area (Å²) in [5, 5.41) is 3.58. The highest BCUT2D eigenvalue weighted by atomic mass is 35.5. The number of halogens is 2. The molecule has 1 aliphatic rings. The number of anilines is 2. The minimum Gasteiger partial charge on any atom is -0.469 e. The number of carbonyl (C=O) groups is 1. The minimum absolute atomic E-state index is 0.0467. The Morgan fingerprint density at radius 3 is 2.49 bits per heavy atom. The third-order valence-corrected chi connectivity index (χ3v) is 6.53. The maximum atomic E-state index is 13.5. The molecule has 5 rings (SSSR count). The normalized spacial score (nSPS) is 16.0. The molecule has 2 atom stereocenters. The maximum absolute atomic E-state index is 13.5. The molecule has 0 aliphatic heterocycles. The largest absolute Gasteiger partial charge is 0.469 e. The van der Waals surface area contributed by atoms with Crippen molar-refractivity contribution in [3.05, 3.63) is 104 Å². The van der Waals surface area contributed by atoms with E-state index in [-0.39, 0.29) is 42.7 Å². The Morgan fingerprint density at radius 1 is 1.08 bits per heavy atom. The lowest BCUT2D eigenvalue weighted by Gasteiger charge is -2.16. The fourth-order valence-corrected chi connectivity index (χ4v) is 4.22. The van der Waals surface area contributed by atoms with Crippen LogP contribution in [0.4, 0.5) is 16.0 Å². The van der Waals surface area contributed by atoms with E-state index in [0.29, 0.717) is 22.9 Å². The Labute approximate surface area is 226 Å². The van der Waals surface area contributed by atoms with Gasteiger partial charge in [0.2, 0.25) is 11.8 Å². The smallest absolute Gasteiger partial charge is 0.354 e. The van der Waals surface area contributed by atoms with Gasteiger partial charge in [0.25, 0.3) is 0 Å². The molecule has 0 saturated heterocycles. The van der Waals surface area contributed by atoms with Gasteiger partial charge in [-0.1, -0.05) is 23.7 Å². The van der Waals surface area contributed by atoms with E-state index in [0.717, 1.165) is 16.3 Å². The van der Waals surface area contributed by atoms with Gasteiger partial charge in [0.15, 0.2) is 0 Å². The summed E-state index contributed by atoms with van der Waals surface area (Å²) in [7, 11) is 1.31. The molecular formula is C27H23ClFN5O5. The van der Waals surface area contributed by atoms with Crippen LogP contribution >= 0.6 is 11.6 Å². The Hall–Kier alpha value is -4.51. The van der Waals surface area contributed by atoms with Crippen molar-refractivity contribution in [2.24, 2.45) is 11.8 Å². The summed E-state index contributed by atoms with van der Waals surface area (Å²) >= 11 is 6.01. The number of carbonyl (C=O) groups excluding carboxylic acids is 1. The van der Waals surface area contributed by atoms with Gasteiger partial charge in [-0.2, -0.15) is 4.98 Å². The average Bonchev–Trinajstić information content (AvgIpc) is 3.71. The minimum atomic E-state index is -0.729. The van der Waals surface area contributed by atoms with Crippen LogP contribution in [0.1, 0.15) is 12.0 Å². The Morgan fingerprint density at radius 2 is 1.82 bits per heavy atom. The molecule has 2 aromatic heterocycles. The van der Waals surface area contributed by atoms with E-state index in [4.69, 9.17) is 21.1 Å². The van der Waals surface area contributed by atoms with Gasteiger partial charge in [0.05, 0.1) is 25.8 Å². The standard InChI is InChI=1S/C27H23ClFN5O5/c1-38-24(35)22-12-17(22)15-34-26(36)32-25(33(27(34)37)14-16-2-4-18(28)5-3-16)31-20-7-9-21(10-8-20)39-23-11-6-19(29)13-30-23/h2-11,13,17,22H,12,14-15H2,1H3,(H,31,32,36)/t17-,22+/m1/s1. The van der Waals surface area contributed by atoms with Gasteiger partial charge in [-0.25, -0.2) is 23.5 Å². The predicted molar refractivity (Wildman–Crippen MR) is 141 cm³/mol. The number of esters is 1. The van der Waals surface area contributed by atoms with Crippen LogP contribution in [-0.2, 0) is 22.6 Å². The monoisotopic (exact) mass is 551 g/mol. The van der Waals surface area contributed by atoms with E-state index in [1.165, 1.54) is 23.8 Å². The van der Waals surface area contributed by atoms with Gasteiger partial charge in [-0.15, -0.1) is 0 Å². The number of aromatic nitrogens is 4. The summed E-state index contributed by atoms with van der Waals surface area (Å²) in [5.41, 5.74) is 0.0141. The van der Waals surface area contributed by atoms with Crippen LogP contribution in [0.5, 0.6) is 11.6 Å². The highest BCUT2D eigenvalue weighted by Gasteiger charge is 2.44. The molecule has 1 N–H and O–H groups in total. The first kappa shape index (κ1) is 26.1. The summed E-state index contributed by atoms with van der Waals surface area (Å²) < 4.78 is 25.9. The van der Waals surface area contributed by atoms with Crippen LogP contribution in [0.25, 0.3) is 0 Å². The Kier molecular flexibility index (Phi) is 7.42. The molecule has 0 unspecified atom stereocenters. The second kappa shape index (κ2) is 11.1. The van der Waals surface area contributed by atoms with Gasteiger partial charge in [0.1, 0.15) is 11.6 Å². The number of nitrogens with zero attached hydrogens (tertiary/aromatic N) is 4. The molecule has 2 aromatic carbocycles. The second-order valence-corrected chi connectivity index (χ2v) is 9.45. The number of benzene rings is 2. The Balaban J connectivity index is 1.42. The molecule has 1 saturated carbocycles. The molecule has 0 amide bonds. The molecule has 0 bridgehead atoms. The van der Waals surface area contributed by atoms with Crippen molar-refractivity contribution in [2.45, 2.75) is 19.5 Å². The molecule has 10 nitrogen and oxygen atoms in total. The molecule has 2 heterocycles. The van der Waals surface area contributed by atoms with Gasteiger partial charge in [-0.05, 0) is 60.4 Å². The van der Waals surface area contributed by atoms with E-state index in [1.54, 1.807) is 48.5 Å². The topological polar surface area (TPSA) is 117 Å². The zero-order valence-corrected chi connectivity index (χ0v) is 21.5. The SMILES string of the molecule is COC(=O)[C@H]1C[C@@H]1Cn1c(=O)nc(Nc2ccc(Oc3ccc(F)cn3)cc2)n(Cc2ccc(Cl)cc2)c1=O. The van der Waals surface area contributed by atoms with Crippen LogP contribution in [0, 0.1) is 17.7 Å². The van der Waals surface area contributed by atoms with Crippen LogP contribution in [0.2, 0.25) is 5.02 Å². The van der Waals surface area contributed by atoms with Crippen molar-refractivity contribution in [2.75, 3.05) is 12.4 Å². The molecular weight excluding hydrogens is 529 g/mol. The van der Waals surface area contributed by atoms with Crippen molar-refractivity contribution < 1.29 is 18.7 Å². The number of hydrogen-bond acceptors (Lipinski definition) is 8. The molecule has 12 heteroatoms. The first-order valence-electron chi connectivity index (χ1n) is 12.0. The van der Waals surface area contributed by atoms with E-state index in [9.17, 15) is 18.8 Å². The lowest BCUT2D eigenvalue weighted by Crippen LogP contribution is -2.43. The van der Waals surface area contributed by atoms with Crippen LogP contribution < -0.4 is 21.4 Å². The molecule has 4 aromatic rings. The van der Waals surface area contributed by atoms with Crippen LogP contribution in [-0.4, -0.2) is 32.2 Å². The van der Waals surface area contributed by atoms with Crippen LogP contribution in [0.15, 0.2) is 76.4 Å². The number of hydrogen-bond donors (Lipinski definition) is 1. The van der Waals surface area contributed by atoms with Crippen LogP contribution in [0.3, 0.4) is 0 Å². The number of pyridine rings is 1. The molecule has 200 valence electrons. The van der Waals surface area contributed by atoms with Crippen molar-refractivity contribution >= 4 is 29.2 Å². The number of nitrogens with one attached hydrogen (secondary N) is 1. The summed E-state index contributed by atoms with van der Waals surface area (Å²) in [6.07, 6.45) is 1.59. The van der Waals surface area contributed by atoms with E-state index >= 15 is 0 Å². The lowest BCUT2D eigenvalue weighted by atomic mass is 10.2. The summed E-state index contributed by atoms with van der Waals surface area (Å²) in [6, 6.07) is 16.3. The number of rotatable bonds is 9. The first-order valence-corrected chi connectivity index (χ1v) is 12.4. The maximum Gasteiger partial charge on any atom is 0.354 e. The molecule has 1 fully saturated rings. The molecule has 0 spiro atoms. The number of ether oxygens (including phenoxy) is 2. The Bertz CT molecular complexity index is 1600. The third kappa shape index (κ3) is 6.15. The van der Waals surface area contributed by atoms with Crippen molar-refractivity contribution in [1.29, 1.82) is 0 Å². The van der Waals surface area contributed by atoms with Crippen molar-refractivity contribution in [3.8, 4) is 11.6 Å². The first-order chi connectivity index (χ1) is 18.8. The van der Waals surface area contributed by atoms with E-state index in [2.05, 4.69) is 15.3 Å². The average molecular weight is 552 g/mol. The van der Waals surface area contributed by atoms with Gasteiger partial charge < -0.3 is 14.8 Å². The second-order valence-electron chi connectivity index (χ2n) is 9.02. The lowest BCUT2D eigenvalue weighted by molar-refractivity contribution is -0.142. The van der Waals surface area contributed by atoms with Crippen molar-refractivity contribution in [3.63, 3.8) is 0 Å². The third-order valence-electron chi connectivity index (χ3n) is 6.28. The molecule has 1 aliphatic carbocycles. The molecule has 0 radical (unpaired) electrons.